The summed E-state index contributed by atoms with van der Waals surface area (Å²) in [6.07, 6.45) is 0.926. The molecule has 4 heteroatoms. The third-order valence-electron chi connectivity index (χ3n) is 5.64. The van der Waals surface area contributed by atoms with Gasteiger partial charge in [0.25, 0.3) is 5.91 Å². The van der Waals surface area contributed by atoms with Gasteiger partial charge in [0.15, 0.2) is 5.76 Å². The molecule has 0 fully saturated rings. The van der Waals surface area contributed by atoms with Gasteiger partial charge in [0.1, 0.15) is 5.82 Å². The monoisotopic (exact) mass is 401 g/mol. The summed E-state index contributed by atoms with van der Waals surface area (Å²) < 4.78 is 13.3. The molecule has 0 aromatic heterocycles. The molecule has 0 bridgehead atoms. The van der Waals surface area contributed by atoms with Crippen LogP contribution in [0.3, 0.4) is 0 Å². The molecule has 1 aliphatic rings. The molecule has 152 valence electrons. The van der Waals surface area contributed by atoms with Crippen LogP contribution >= 0.6 is 0 Å². The number of aliphatic hydroxyl groups excluding tert-OH is 1. The van der Waals surface area contributed by atoms with Crippen LogP contribution in [0.4, 0.5) is 4.39 Å². The predicted octanol–water partition coefficient (Wildman–Crippen LogP) is 5.75. The zero-order chi connectivity index (χ0) is 21.3. The number of carbonyl (C=O) groups excluding carboxylic acids is 1. The highest BCUT2D eigenvalue weighted by Crippen LogP contribution is 2.43. The van der Waals surface area contributed by atoms with E-state index in [4.69, 9.17) is 0 Å². The number of halogens is 1. The van der Waals surface area contributed by atoms with Crippen LogP contribution in [-0.2, 0) is 17.8 Å². The minimum atomic E-state index is -0.420. The third-order valence-corrected chi connectivity index (χ3v) is 5.64. The van der Waals surface area contributed by atoms with Crippen molar-refractivity contribution in [2.75, 3.05) is 0 Å². The van der Waals surface area contributed by atoms with E-state index in [2.05, 4.69) is 19.1 Å². The molecule has 3 aromatic carbocycles. The fourth-order valence-corrected chi connectivity index (χ4v) is 3.91. The van der Waals surface area contributed by atoms with E-state index in [1.54, 1.807) is 17.0 Å². The van der Waals surface area contributed by atoms with Gasteiger partial charge in [-0.25, -0.2) is 4.39 Å². The Balaban J connectivity index is 1.79. The molecule has 1 amide bonds. The van der Waals surface area contributed by atoms with Gasteiger partial charge >= 0.3 is 0 Å². The van der Waals surface area contributed by atoms with Crippen molar-refractivity contribution in [3.8, 4) is 0 Å². The first-order chi connectivity index (χ1) is 14.5. The van der Waals surface area contributed by atoms with Gasteiger partial charge in [0.2, 0.25) is 0 Å². The first-order valence-electron chi connectivity index (χ1n) is 10.1. The number of nitrogens with zero attached hydrogens (tertiary/aromatic N) is 1. The maximum atomic E-state index is 13.3. The largest absolute Gasteiger partial charge is 0.503 e. The highest BCUT2D eigenvalue weighted by atomic mass is 19.1. The first-order valence-corrected chi connectivity index (χ1v) is 10.1. The summed E-state index contributed by atoms with van der Waals surface area (Å²) in [6.45, 7) is 4.37. The van der Waals surface area contributed by atoms with Crippen LogP contribution in [0.1, 0.15) is 40.8 Å². The second kappa shape index (κ2) is 8.15. The van der Waals surface area contributed by atoms with Crippen LogP contribution < -0.4 is 0 Å². The Morgan fingerprint density at radius 2 is 1.50 bits per heavy atom. The van der Waals surface area contributed by atoms with E-state index >= 15 is 0 Å². The van der Waals surface area contributed by atoms with Crippen LogP contribution in [0, 0.1) is 12.7 Å². The van der Waals surface area contributed by atoms with E-state index in [1.807, 2.05) is 43.3 Å². The lowest BCUT2D eigenvalue weighted by Gasteiger charge is -2.27. The van der Waals surface area contributed by atoms with Crippen molar-refractivity contribution in [1.29, 1.82) is 0 Å². The number of carbonyl (C=O) groups is 1. The number of amides is 1. The van der Waals surface area contributed by atoms with E-state index in [-0.39, 0.29) is 18.1 Å². The average molecular weight is 401 g/mol. The number of aliphatic hydroxyl groups is 1. The Morgan fingerprint density at radius 3 is 2.10 bits per heavy atom. The zero-order valence-corrected chi connectivity index (χ0v) is 17.1. The maximum absolute atomic E-state index is 13.3. The first kappa shape index (κ1) is 19.9. The summed E-state index contributed by atoms with van der Waals surface area (Å²) in [6, 6.07) is 21.6. The molecule has 3 aromatic rings. The smallest absolute Gasteiger partial charge is 0.290 e. The Labute approximate surface area is 176 Å². The molecule has 1 N–H and O–H groups in total. The van der Waals surface area contributed by atoms with E-state index in [1.165, 1.54) is 17.7 Å². The predicted molar refractivity (Wildman–Crippen MR) is 116 cm³/mol. The molecule has 30 heavy (non-hydrogen) atoms. The van der Waals surface area contributed by atoms with Crippen molar-refractivity contribution >= 4 is 11.5 Å². The van der Waals surface area contributed by atoms with Crippen molar-refractivity contribution in [2.24, 2.45) is 0 Å². The minimum Gasteiger partial charge on any atom is -0.503 e. The summed E-state index contributed by atoms with van der Waals surface area (Å²) in [7, 11) is 0. The molecule has 4 rings (SSSR count). The van der Waals surface area contributed by atoms with Gasteiger partial charge in [-0.15, -0.1) is 0 Å². The van der Waals surface area contributed by atoms with Gasteiger partial charge in [0, 0.05) is 12.1 Å². The Bertz CT molecular complexity index is 1080. The normalized spacial score (nSPS) is 16.4. The Hall–Kier alpha value is -3.40. The third kappa shape index (κ3) is 3.73. The number of hydrogen-bond donors (Lipinski definition) is 1. The van der Waals surface area contributed by atoms with Gasteiger partial charge in [-0.05, 0) is 47.7 Å². The van der Waals surface area contributed by atoms with Crippen molar-refractivity contribution in [1.82, 2.24) is 4.90 Å². The van der Waals surface area contributed by atoms with Gasteiger partial charge in [-0.2, -0.15) is 0 Å². The topological polar surface area (TPSA) is 40.5 Å². The summed E-state index contributed by atoms with van der Waals surface area (Å²) in [5.74, 6) is -0.968. The molecule has 1 atom stereocenters. The molecule has 3 nitrogen and oxygen atoms in total. The number of benzene rings is 3. The number of aryl methyl sites for hydroxylation is 2. The Morgan fingerprint density at radius 1 is 0.900 bits per heavy atom. The quantitative estimate of drug-likeness (QED) is 0.591. The fraction of sp³-hybridized carbons (Fsp3) is 0.192. The van der Waals surface area contributed by atoms with Crippen LogP contribution in [0.2, 0.25) is 0 Å². The van der Waals surface area contributed by atoms with Crippen molar-refractivity contribution < 1.29 is 14.3 Å². The summed E-state index contributed by atoms with van der Waals surface area (Å²) in [4.78, 5) is 14.7. The fourth-order valence-electron chi connectivity index (χ4n) is 3.91. The molecular formula is C26H24FNO2. The van der Waals surface area contributed by atoms with Crippen molar-refractivity contribution in [2.45, 2.75) is 32.9 Å². The van der Waals surface area contributed by atoms with Crippen LogP contribution in [0.25, 0.3) is 5.57 Å². The molecule has 0 aliphatic carbocycles. The zero-order valence-electron chi connectivity index (χ0n) is 17.1. The average Bonchev–Trinajstić information content (AvgIpc) is 3.01. The van der Waals surface area contributed by atoms with E-state index in [0.29, 0.717) is 5.57 Å². The maximum Gasteiger partial charge on any atom is 0.290 e. The highest BCUT2D eigenvalue weighted by molar-refractivity contribution is 6.05. The molecule has 0 saturated carbocycles. The molecule has 0 spiro atoms. The highest BCUT2D eigenvalue weighted by Gasteiger charge is 2.40. The second-order valence-electron chi connectivity index (χ2n) is 7.69. The SMILES string of the molecule is CCc1ccc(C2C(c3ccc(C)cc3)=C(O)C(=O)N2Cc2ccc(F)cc2)cc1. The lowest BCUT2D eigenvalue weighted by molar-refractivity contribution is -0.130. The van der Waals surface area contributed by atoms with Crippen LogP contribution in [-0.4, -0.2) is 15.9 Å². The molecule has 1 unspecified atom stereocenters. The van der Waals surface area contributed by atoms with Gasteiger partial charge in [-0.3, -0.25) is 4.79 Å². The molecule has 1 aliphatic heterocycles. The summed E-state index contributed by atoms with van der Waals surface area (Å²) in [5, 5.41) is 10.8. The lowest BCUT2D eigenvalue weighted by atomic mass is 9.92. The van der Waals surface area contributed by atoms with Gasteiger partial charge in [0.05, 0.1) is 6.04 Å². The Kier molecular flexibility index (Phi) is 5.40. The summed E-state index contributed by atoms with van der Waals surface area (Å²) in [5.41, 5.74) is 5.47. The molecule has 0 radical (unpaired) electrons. The van der Waals surface area contributed by atoms with Crippen molar-refractivity contribution in [3.05, 3.63) is 112 Å². The number of rotatable bonds is 5. The van der Waals surface area contributed by atoms with Gasteiger partial charge in [-0.1, -0.05) is 73.2 Å². The van der Waals surface area contributed by atoms with Crippen LogP contribution in [0.5, 0.6) is 0 Å². The van der Waals surface area contributed by atoms with Crippen LogP contribution in [0.15, 0.2) is 78.6 Å². The second-order valence-corrected chi connectivity index (χ2v) is 7.69. The van der Waals surface area contributed by atoms with E-state index < -0.39 is 11.9 Å². The molecular weight excluding hydrogens is 377 g/mol. The van der Waals surface area contributed by atoms with Crippen molar-refractivity contribution in [3.63, 3.8) is 0 Å². The lowest BCUT2D eigenvalue weighted by Crippen LogP contribution is -2.29. The molecule has 1 heterocycles. The number of hydrogen-bond acceptors (Lipinski definition) is 2. The van der Waals surface area contributed by atoms with Gasteiger partial charge < -0.3 is 10.0 Å². The van der Waals surface area contributed by atoms with E-state index in [9.17, 15) is 14.3 Å². The standard InChI is InChI=1S/C26H24FNO2/c1-3-18-6-12-21(13-7-18)24-23(20-10-4-17(2)5-11-20)25(29)26(30)28(24)16-19-8-14-22(27)15-9-19/h4-15,24,29H,3,16H2,1-2H3. The minimum absolute atomic E-state index is 0.231. The molecule has 0 saturated heterocycles. The van der Waals surface area contributed by atoms with E-state index in [0.717, 1.165) is 28.7 Å². The summed E-state index contributed by atoms with van der Waals surface area (Å²) >= 11 is 0.